The Balaban J connectivity index is 0.000000321. The van der Waals surface area contributed by atoms with Crippen LogP contribution in [0.15, 0.2) is 24.3 Å². The van der Waals surface area contributed by atoms with E-state index in [1.807, 2.05) is 54.8 Å². The predicted octanol–water partition coefficient (Wildman–Crippen LogP) is 4.33. The molecule has 2 heterocycles. The van der Waals surface area contributed by atoms with E-state index in [1.54, 1.807) is 0 Å². The predicted molar refractivity (Wildman–Crippen MR) is 94.8 cm³/mol. The van der Waals surface area contributed by atoms with Crippen molar-refractivity contribution in [3.63, 3.8) is 0 Å². The van der Waals surface area contributed by atoms with Crippen molar-refractivity contribution in [3.8, 4) is 0 Å². The average Bonchev–Trinajstić information content (AvgIpc) is 2.83. The van der Waals surface area contributed by atoms with Crippen molar-refractivity contribution in [2.45, 2.75) is 6.29 Å². The number of thioether (sulfide) groups is 1. The first-order chi connectivity index (χ1) is 12.1. The third kappa shape index (κ3) is 7.32. The Kier molecular flexibility index (Phi) is 5.66. The summed E-state index contributed by atoms with van der Waals surface area (Å²) in [6, 6.07) is 7.67. The van der Waals surface area contributed by atoms with Crippen LogP contribution in [0.5, 0.6) is 0 Å². The molecule has 6 nitrogen and oxygen atoms in total. The van der Waals surface area contributed by atoms with E-state index < -0.39 is 7.81 Å². The zero-order valence-corrected chi connectivity index (χ0v) is 16.2. The van der Waals surface area contributed by atoms with Crippen LogP contribution in [0.1, 0.15) is 6.29 Å². The number of aromatic nitrogens is 3. The first-order valence-electron chi connectivity index (χ1n) is 7.80. The quantitative estimate of drug-likeness (QED) is 0.440. The molecule has 1 N–H and O–H groups in total. The van der Waals surface area contributed by atoms with Crippen LogP contribution in [0.4, 0.5) is 25.2 Å². The van der Waals surface area contributed by atoms with Gasteiger partial charge in [-0.05, 0) is 31.1 Å². The molecule has 0 saturated carbocycles. The molecule has 0 aliphatic carbocycles. The van der Waals surface area contributed by atoms with Crippen molar-refractivity contribution in [3.05, 3.63) is 29.2 Å². The molecule has 1 aromatic carbocycles. The van der Waals surface area contributed by atoms with Gasteiger partial charge in [0.2, 0.25) is 17.3 Å². The summed E-state index contributed by atoms with van der Waals surface area (Å²) in [5.41, 5.74) is 1.60. The molecule has 1 aliphatic rings. The first-order valence-corrected chi connectivity index (χ1v) is 11.0. The minimum absolute atomic E-state index is 0.0380. The van der Waals surface area contributed by atoms with E-state index in [0.29, 0.717) is 5.52 Å². The van der Waals surface area contributed by atoms with E-state index in [2.05, 4.69) is 15.0 Å². The SMILES string of the molecule is CN(C)C(N1CCSCC1)n1[nH][n+](=O)c2ccccc21.F[P-](F)(F)(F)(F)F. The van der Waals surface area contributed by atoms with Gasteiger partial charge in [0.15, 0.2) is 0 Å². The Bertz CT molecular complexity index is 835. The van der Waals surface area contributed by atoms with Crippen molar-refractivity contribution >= 4 is 30.6 Å². The van der Waals surface area contributed by atoms with Crippen molar-refractivity contribution in [1.82, 2.24) is 19.7 Å². The molecule has 1 aliphatic heterocycles. The van der Waals surface area contributed by atoms with Crippen molar-refractivity contribution in [2.24, 2.45) is 0 Å². The van der Waals surface area contributed by atoms with E-state index >= 15 is 0 Å². The monoisotopic (exact) mass is 439 g/mol. The van der Waals surface area contributed by atoms with Crippen LogP contribution in [0, 0.1) is 4.91 Å². The zero-order chi connectivity index (χ0) is 20.5. The summed E-state index contributed by atoms with van der Waals surface area (Å²) in [7, 11) is -6.57. The minimum atomic E-state index is -10.7. The van der Waals surface area contributed by atoms with Crippen molar-refractivity contribution < 1.29 is 29.7 Å². The molecule has 1 atom stereocenters. The number of para-hydroxylation sites is 2. The van der Waals surface area contributed by atoms with E-state index in [9.17, 15) is 30.1 Å². The Hall–Kier alpha value is -1.30. The van der Waals surface area contributed by atoms with Crippen LogP contribution in [-0.2, 0) is 0 Å². The fraction of sp³-hybridized carbons (Fsp3) is 0.538. The topological polar surface area (TPSA) is 50.2 Å². The van der Waals surface area contributed by atoms with Crippen LogP contribution in [0.3, 0.4) is 0 Å². The molecular formula is C13H20F6N5OPS. The number of hydrogen-bond acceptors (Lipinski definition) is 4. The number of fused-ring (bicyclic) bond motifs is 1. The van der Waals surface area contributed by atoms with Gasteiger partial charge in [0.05, 0.1) is 4.54 Å². The Morgan fingerprint density at radius 2 is 1.63 bits per heavy atom. The van der Waals surface area contributed by atoms with Gasteiger partial charge in [-0.2, -0.15) is 11.8 Å². The molecular weight excluding hydrogens is 419 g/mol. The molecule has 156 valence electrons. The van der Waals surface area contributed by atoms with Crippen LogP contribution >= 0.6 is 19.6 Å². The number of halogens is 6. The van der Waals surface area contributed by atoms with Gasteiger partial charge in [-0.25, -0.2) is 4.90 Å². The molecule has 1 aromatic heterocycles. The molecule has 3 rings (SSSR count). The van der Waals surface area contributed by atoms with Gasteiger partial charge >= 0.3 is 33.0 Å². The van der Waals surface area contributed by atoms with Gasteiger partial charge in [-0.15, -0.1) is 4.68 Å². The average molecular weight is 439 g/mol. The molecule has 0 radical (unpaired) electrons. The Morgan fingerprint density at radius 3 is 2.15 bits per heavy atom. The van der Waals surface area contributed by atoms with Crippen LogP contribution in [-0.4, -0.2) is 58.4 Å². The Labute approximate surface area is 154 Å². The fourth-order valence-electron chi connectivity index (χ4n) is 2.75. The van der Waals surface area contributed by atoms with Crippen molar-refractivity contribution in [2.75, 3.05) is 38.7 Å². The van der Waals surface area contributed by atoms with Crippen molar-refractivity contribution in [1.29, 1.82) is 0 Å². The molecule has 14 heteroatoms. The Morgan fingerprint density at radius 1 is 1.11 bits per heavy atom. The molecule has 1 saturated heterocycles. The summed E-state index contributed by atoms with van der Waals surface area (Å²) in [5.74, 6) is 2.28. The van der Waals surface area contributed by atoms with Gasteiger partial charge in [-0.3, -0.25) is 4.90 Å². The third-order valence-electron chi connectivity index (χ3n) is 3.62. The summed E-state index contributed by atoms with van der Waals surface area (Å²) < 4.78 is 62.0. The number of rotatable bonds is 3. The molecule has 1 unspecified atom stereocenters. The maximum absolute atomic E-state index is 12.0. The molecule has 0 bridgehead atoms. The number of aromatic amines is 1. The molecule has 0 spiro atoms. The summed E-state index contributed by atoms with van der Waals surface area (Å²) in [6.45, 7) is 2.07. The summed E-state index contributed by atoms with van der Waals surface area (Å²) in [5, 5.41) is 2.92. The normalized spacial score (nSPS) is 19.9. The second-order valence-corrected chi connectivity index (χ2v) is 9.31. The van der Waals surface area contributed by atoms with E-state index in [-0.39, 0.29) is 6.29 Å². The zero-order valence-electron chi connectivity index (χ0n) is 14.5. The van der Waals surface area contributed by atoms with Gasteiger partial charge < -0.3 is 0 Å². The number of benzene rings is 1. The second-order valence-electron chi connectivity index (χ2n) is 6.17. The fourth-order valence-corrected chi connectivity index (χ4v) is 3.68. The standard InChI is InChI=1S/C13H20N5OS.F6P/c1-15(2)13(16-7-9-20-10-8-16)17-11-5-3-4-6-12(11)18(19)14-17;1-7(2,3,4,5)6/h3-6,13H,7-10H2,1-2H3,(H,14,19);/q+1;-1. The number of nitrogens with zero attached hydrogens (tertiary/aromatic N) is 4. The van der Waals surface area contributed by atoms with Gasteiger partial charge in [0, 0.05) is 24.6 Å². The number of H-pyrrole nitrogens is 1. The molecule has 2 aromatic rings. The van der Waals surface area contributed by atoms with Crippen LogP contribution in [0.2, 0.25) is 0 Å². The first kappa shape index (κ1) is 22.0. The molecule has 1 fully saturated rings. The number of nitrogens with one attached hydrogen (secondary N) is 1. The van der Waals surface area contributed by atoms with E-state index in [0.717, 1.165) is 34.7 Å². The van der Waals surface area contributed by atoms with E-state index in [4.69, 9.17) is 0 Å². The van der Waals surface area contributed by atoms with Crippen LogP contribution in [0.25, 0.3) is 11.0 Å². The summed E-state index contributed by atoms with van der Waals surface area (Å²) >= 11 is 1.99. The molecule has 0 amide bonds. The van der Waals surface area contributed by atoms with Crippen LogP contribution < -0.4 is 4.54 Å². The third-order valence-corrected chi connectivity index (χ3v) is 4.57. The van der Waals surface area contributed by atoms with E-state index in [1.165, 1.54) is 0 Å². The van der Waals surface area contributed by atoms with Gasteiger partial charge in [0.1, 0.15) is 0 Å². The van der Waals surface area contributed by atoms with Gasteiger partial charge in [-0.1, -0.05) is 17.3 Å². The molecule has 27 heavy (non-hydrogen) atoms. The number of hydrogen-bond donors (Lipinski definition) is 1. The van der Waals surface area contributed by atoms with Gasteiger partial charge in [0.25, 0.3) is 0 Å². The second kappa shape index (κ2) is 6.94. The summed E-state index contributed by atoms with van der Waals surface area (Å²) in [4.78, 5) is 16.5. The summed E-state index contributed by atoms with van der Waals surface area (Å²) in [6.07, 6.45) is 0.0380. The maximum atomic E-state index is 12.0.